The molecule has 0 unspecified atom stereocenters. The van der Waals surface area contributed by atoms with Gasteiger partial charge in [-0.05, 0) is 195 Å². The number of phenolic OH excluding ortho intramolecular Hbond substituents is 4. The van der Waals surface area contributed by atoms with Gasteiger partial charge in [-0.1, -0.05) is 340 Å². The molecule has 0 atom stereocenters. The second-order valence-corrected chi connectivity index (χ2v) is 39.7. The predicted molar refractivity (Wildman–Crippen MR) is 490 cm³/mol. The molecule has 0 bridgehead atoms. The molecule has 0 fully saturated rings. The highest BCUT2D eigenvalue weighted by Gasteiger charge is 2.36. The zero-order valence-corrected chi connectivity index (χ0v) is 77.9. The van der Waals surface area contributed by atoms with Crippen LogP contribution in [-0.2, 0) is 54.9 Å². The molecule has 0 aliphatic rings. The molecule has 0 spiro atoms. The van der Waals surface area contributed by atoms with Gasteiger partial charge in [-0.25, -0.2) is 26.3 Å². The van der Waals surface area contributed by atoms with E-state index in [-0.39, 0.29) is 66.5 Å². The third kappa shape index (κ3) is 32.1. The zero-order valence-electron chi connectivity index (χ0n) is 77.9. The number of aryl methyl sites for hydroxylation is 1. The zero-order chi connectivity index (χ0) is 92.9. The molecule has 6 nitrogen and oxygen atoms in total. The molecule has 11 aromatic rings. The van der Waals surface area contributed by atoms with Crippen molar-refractivity contribution in [3.05, 3.63) is 308 Å². The number of halogens is 9. The van der Waals surface area contributed by atoms with Crippen LogP contribution in [0, 0.1) is 30.2 Å². The van der Waals surface area contributed by atoms with Crippen molar-refractivity contribution in [2.24, 2.45) is 0 Å². The van der Waals surface area contributed by atoms with E-state index in [0.29, 0.717) is 28.5 Å². The fourth-order valence-electron chi connectivity index (χ4n) is 13.9. The number of ether oxygens (including phenoxy) is 2. The third-order valence-corrected chi connectivity index (χ3v) is 19.5. The summed E-state index contributed by atoms with van der Waals surface area (Å²) in [6, 6.07) is 63.0. The minimum Gasteiger partial charge on any atom is -0.508 e. The summed E-state index contributed by atoms with van der Waals surface area (Å²) >= 11 is 0. The molecule has 660 valence electrons. The van der Waals surface area contributed by atoms with Crippen LogP contribution in [0.3, 0.4) is 0 Å². The summed E-state index contributed by atoms with van der Waals surface area (Å²) < 4.78 is 126. The Morgan fingerprint density at radius 2 is 0.661 bits per heavy atom. The van der Waals surface area contributed by atoms with E-state index in [0.717, 1.165) is 40.1 Å². The summed E-state index contributed by atoms with van der Waals surface area (Å²) in [5, 5.41) is 42.9. The molecule has 0 heterocycles. The SMILES string of the molecule is CC(C)(C)c1c(F)cccc1C(F)F.CC(C)(C)c1c(O)ccc(F)c1F.CC(C)(C)c1c(O)cccc1F.CC(C)(C)c1cc(O)cc2ccccc12.CC(C)(C)c1ccccc1C(F)(F)F.CC(C)c1ccccc1C(C)(C)C.COc1cc(C(C)(C)C)c2ccccc2c1.COc1ccccc1C(C)(C)C.Cc1cccc(O)c1C(C)(C)C. The number of para-hydroxylation sites is 1. The van der Waals surface area contributed by atoms with Crippen LogP contribution in [0.2, 0.25) is 0 Å². The van der Waals surface area contributed by atoms with Gasteiger partial charge in [-0.3, -0.25) is 0 Å². The van der Waals surface area contributed by atoms with Crippen molar-refractivity contribution >= 4 is 21.5 Å². The average Bonchev–Trinajstić information content (AvgIpc) is 0.785. The minimum atomic E-state index is -4.26. The van der Waals surface area contributed by atoms with E-state index in [2.05, 4.69) is 190 Å². The lowest BCUT2D eigenvalue weighted by Crippen LogP contribution is -2.19. The number of benzene rings is 11. The number of hydrogen-bond acceptors (Lipinski definition) is 6. The first-order valence-electron chi connectivity index (χ1n) is 40.9. The van der Waals surface area contributed by atoms with Crippen molar-refractivity contribution in [3.63, 3.8) is 0 Å². The number of rotatable bonds is 4. The van der Waals surface area contributed by atoms with E-state index < -0.39 is 51.9 Å². The van der Waals surface area contributed by atoms with Gasteiger partial charge in [-0.15, -0.1) is 0 Å². The van der Waals surface area contributed by atoms with Gasteiger partial charge in [0.2, 0.25) is 0 Å². The first-order chi connectivity index (χ1) is 55.2. The van der Waals surface area contributed by atoms with Gasteiger partial charge in [0.25, 0.3) is 6.43 Å². The van der Waals surface area contributed by atoms with Crippen molar-refractivity contribution < 1.29 is 69.4 Å². The number of alkyl halides is 5. The number of fused-ring (bicyclic) bond motifs is 2. The molecule has 0 aliphatic heterocycles. The standard InChI is InChI=1S/C15H18O.C14H16O.C13H20.2C11H13F3.2C11H16O.C10H12F2O.C10H13FO/c1-15(2,3)14-10-12(16-4)9-11-7-5-6-8-13(11)14;1-14(2,3)13-9-11(15)8-10-6-4-5-7-12(10)13;1-10(2)11-8-6-7-9-12(11)13(3,4)5;1-11(2,3)9-7(10(13)14)5-4-6-8(9)12;1-10(2,3)8-6-4-5-7-9(8)11(12,13)14;1-11(2,3)9-7-5-6-8-10(9)12-4;1-8-6-5-7-9(12)10(8)11(2,3)4;1-10(2,3)8-7(13)5-4-6(11)9(8)12;1-10(2,3)9-7(11)5-4-6-8(9)12/h5-10H,1-4H3;4-9,15H,1-3H3;6-10H,1-5H3;4-6,10H,1-3H3;4-7H,1-3H3;5-8H,1-4H3;5-7,12H,1-4H3;4-5,13H,1-3H3;4-6,12H,1-3H3. The normalized spacial score (nSPS) is 12.0. The predicted octanol–water partition coefficient (Wildman–Crippen LogP) is 31.9. The average molecular weight is 1680 g/mol. The summed E-state index contributed by atoms with van der Waals surface area (Å²) in [4.78, 5) is 0. The van der Waals surface area contributed by atoms with Gasteiger partial charge in [-0.2, -0.15) is 13.2 Å². The molecule has 4 N–H and O–H groups in total. The Kier molecular flexibility index (Phi) is 37.6. The molecule has 0 radical (unpaired) electrons. The number of hydrogen-bond donors (Lipinski definition) is 4. The van der Waals surface area contributed by atoms with Crippen LogP contribution in [0.1, 0.15) is 285 Å². The molecule has 15 heteroatoms. The first-order valence-corrected chi connectivity index (χ1v) is 40.9. The molecule has 121 heavy (non-hydrogen) atoms. The van der Waals surface area contributed by atoms with Gasteiger partial charge in [0, 0.05) is 27.8 Å². The third-order valence-electron chi connectivity index (χ3n) is 19.5. The van der Waals surface area contributed by atoms with E-state index in [9.17, 15) is 59.9 Å². The van der Waals surface area contributed by atoms with Crippen molar-refractivity contribution in [1.29, 1.82) is 0 Å². The summed E-state index contributed by atoms with van der Waals surface area (Å²) in [5.41, 5.74) is 7.65. The van der Waals surface area contributed by atoms with Crippen LogP contribution in [0.25, 0.3) is 21.5 Å². The monoisotopic (exact) mass is 1680 g/mol. The van der Waals surface area contributed by atoms with Gasteiger partial charge >= 0.3 is 6.18 Å². The van der Waals surface area contributed by atoms with Crippen molar-refractivity contribution in [2.45, 2.75) is 275 Å². The number of methoxy groups -OCH3 is 2. The number of aromatic hydroxyl groups is 4. The Morgan fingerprint density at radius 3 is 1.02 bits per heavy atom. The molecule has 0 aromatic heterocycles. The maximum atomic E-state index is 13.4. The van der Waals surface area contributed by atoms with Crippen LogP contribution in [-0.4, -0.2) is 34.6 Å². The fourth-order valence-corrected chi connectivity index (χ4v) is 13.9. The molecule has 0 amide bonds. The minimum absolute atomic E-state index is 0.0208. The van der Waals surface area contributed by atoms with Crippen LogP contribution in [0.5, 0.6) is 34.5 Å². The van der Waals surface area contributed by atoms with Crippen molar-refractivity contribution in [3.8, 4) is 34.5 Å². The second kappa shape index (κ2) is 43.2. The highest BCUT2D eigenvalue weighted by Crippen LogP contribution is 2.42. The summed E-state index contributed by atoms with van der Waals surface area (Å²) in [6.07, 6.45) is -6.89. The summed E-state index contributed by atoms with van der Waals surface area (Å²) in [6.45, 7) is 60.6. The lowest BCUT2D eigenvalue weighted by molar-refractivity contribution is -0.138. The van der Waals surface area contributed by atoms with Gasteiger partial charge in [0.15, 0.2) is 11.6 Å². The lowest BCUT2D eigenvalue weighted by atomic mass is 9.81. The quantitative estimate of drug-likeness (QED) is 0.131. The van der Waals surface area contributed by atoms with Crippen LogP contribution in [0.4, 0.5) is 39.5 Å². The molecule has 11 rings (SSSR count). The highest BCUT2D eigenvalue weighted by molar-refractivity contribution is 5.89. The summed E-state index contributed by atoms with van der Waals surface area (Å²) in [7, 11) is 3.43. The van der Waals surface area contributed by atoms with E-state index in [1.807, 2.05) is 88.4 Å². The van der Waals surface area contributed by atoms with E-state index in [1.165, 1.54) is 98.6 Å². The molecule has 11 aromatic carbocycles. The van der Waals surface area contributed by atoms with Crippen molar-refractivity contribution in [1.82, 2.24) is 0 Å². The van der Waals surface area contributed by atoms with Crippen LogP contribution < -0.4 is 9.47 Å². The fraction of sp³-hybridized carbons (Fsp3) is 0.415. The van der Waals surface area contributed by atoms with Gasteiger partial charge < -0.3 is 29.9 Å². The topological polar surface area (TPSA) is 99.4 Å². The molecular weight excluding hydrogens is 1540 g/mol. The highest BCUT2D eigenvalue weighted by atomic mass is 19.4. The van der Waals surface area contributed by atoms with E-state index in [4.69, 9.17) is 9.47 Å². The molecule has 0 saturated heterocycles. The first kappa shape index (κ1) is 105. The van der Waals surface area contributed by atoms with E-state index >= 15 is 0 Å². The Bertz CT molecular complexity index is 4950. The Hall–Kier alpha value is -9.89. The second-order valence-electron chi connectivity index (χ2n) is 39.7. The largest absolute Gasteiger partial charge is 0.508 e. The Morgan fingerprint density at radius 1 is 0.298 bits per heavy atom. The molecule has 0 aliphatic carbocycles. The molecule has 0 saturated carbocycles. The molecular formula is C106H137F9O6. The van der Waals surface area contributed by atoms with Crippen LogP contribution in [0.15, 0.2) is 212 Å². The summed E-state index contributed by atoms with van der Waals surface area (Å²) in [5.74, 6) is 0.312. The number of phenols is 4. The smallest absolute Gasteiger partial charge is 0.416 e. The lowest BCUT2D eigenvalue weighted by Gasteiger charge is -2.24. The maximum Gasteiger partial charge on any atom is 0.416 e. The maximum absolute atomic E-state index is 13.4. The Balaban J connectivity index is 0.000000352. The Labute approximate surface area is 718 Å². The van der Waals surface area contributed by atoms with Crippen LogP contribution >= 0.6 is 0 Å². The van der Waals surface area contributed by atoms with E-state index in [1.54, 1.807) is 88.7 Å². The van der Waals surface area contributed by atoms with Crippen molar-refractivity contribution in [2.75, 3.05) is 14.2 Å². The van der Waals surface area contributed by atoms with Gasteiger partial charge in [0.05, 0.1) is 19.8 Å². The van der Waals surface area contributed by atoms with Gasteiger partial charge in [0.1, 0.15) is 46.1 Å².